The van der Waals surface area contributed by atoms with Crippen LogP contribution in [-0.4, -0.2) is 64.3 Å². The molecule has 0 bridgehead atoms. The lowest BCUT2D eigenvalue weighted by atomic mass is 9.99. The molecule has 13 heteroatoms. The van der Waals surface area contributed by atoms with Gasteiger partial charge in [0, 0.05) is 30.7 Å². The van der Waals surface area contributed by atoms with E-state index in [1.54, 1.807) is 6.07 Å². The maximum atomic E-state index is 10.6. The molecule has 2 saturated heterocycles. The van der Waals surface area contributed by atoms with Crippen LogP contribution in [0.1, 0.15) is 19.3 Å². The van der Waals surface area contributed by atoms with Crippen molar-refractivity contribution in [2.24, 2.45) is 0 Å². The van der Waals surface area contributed by atoms with Crippen LogP contribution < -0.4 is 10.6 Å². The minimum Gasteiger partial charge on any atom is -0.475 e. The molecule has 8 nitrogen and oxygen atoms in total. The monoisotopic (exact) mass is 505 g/mol. The lowest BCUT2D eigenvalue weighted by molar-refractivity contribution is -0.192. The van der Waals surface area contributed by atoms with E-state index in [-0.39, 0.29) is 5.95 Å². The molecule has 0 radical (unpaired) electrons. The van der Waals surface area contributed by atoms with Crippen LogP contribution in [0.4, 0.5) is 24.9 Å². The van der Waals surface area contributed by atoms with Gasteiger partial charge in [-0.15, -0.1) is 0 Å². The Bertz CT molecular complexity index is 1200. The van der Waals surface area contributed by atoms with Crippen molar-refractivity contribution >= 4 is 63.0 Å². The summed E-state index contributed by atoms with van der Waals surface area (Å²) >= 11 is 12.5. The highest BCUT2D eigenvalue weighted by molar-refractivity contribution is 6.39. The van der Waals surface area contributed by atoms with Gasteiger partial charge in [-0.2, -0.15) is 18.2 Å². The number of piperidine rings is 1. The summed E-state index contributed by atoms with van der Waals surface area (Å²) < 4.78 is 37.8. The van der Waals surface area contributed by atoms with E-state index in [1.807, 2.05) is 6.07 Å². The standard InChI is InChI=1S/C18H19Cl2N5O.C2HF3O2/c19-10-7-12-14-16(26-15(12)13(20)8-10)17(23-18(21)22-14)25-6-5-24-4-2-1-3-11(24)9-25;3-2(4,5)1(6)7/h7-8,11H,1-6,9H2,(H2,21,22,23);(H,6,7). The van der Waals surface area contributed by atoms with E-state index in [9.17, 15) is 13.2 Å². The second kappa shape index (κ2) is 9.03. The van der Waals surface area contributed by atoms with Crippen molar-refractivity contribution in [3.63, 3.8) is 0 Å². The molecule has 0 amide bonds. The molecule has 1 aromatic carbocycles. The number of nitrogen functional groups attached to an aromatic ring is 1. The first-order valence-electron chi connectivity index (χ1n) is 10.2. The van der Waals surface area contributed by atoms with Crippen molar-refractivity contribution in [3.05, 3.63) is 22.2 Å². The molecule has 2 aliphatic heterocycles. The fourth-order valence-corrected chi connectivity index (χ4v) is 4.77. The number of alkyl halides is 3. The van der Waals surface area contributed by atoms with Gasteiger partial charge in [-0.05, 0) is 31.5 Å². The first-order chi connectivity index (χ1) is 15.5. The molecule has 0 spiro atoms. The van der Waals surface area contributed by atoms with Crippen molar-refractivity contribution in [1.29, 1.82) is 0 Å². The van der Waals surface area contributed by atoms with Crippen LogP contribution >= 0.6 is 23.2 Å². The van der Waals surface area contributed by atoms with Crippen LogP contribution in [0.3, 0.4) is 0 Å². The molecule has 5 rings (SSSR count). The van der Waals surface area contributed by atoms with Crippen LogP contribution in [0.2, 0.25) is 10.0 Å². The van der Waals surface area contributed by atoms with Gasteiger partial charge in [-0.3, -0.25) is 4.90 Å². The number of furan rings is 1. The molecule has 2 aliphatic rings. The van der Waals surface area contributed by atoms with Crippen molar-refractivity contribution in [3.8, 4) is 0 Å². The Morgan fingerprint density at radius 2 is 1.88 bits per heavy atom. The van der Waals surface area contributed by atoms with E-state index < -0.39 is 12.1 Å². The van der Waals surface area contributed by atoms with E-state index in [0.717, 1.165) is 30.8 Å². The number of halogens is 5. The Morgan fingerprint density at radius 1 is 1.15 bits per heavy atom. The fraction of sp³-hybridized carbons (Fsp3) is 0.450. The predicted octanol–water partition coefficient (Wildman–Crippen LogP) is 4.57. The normalized spacial score (nSPS) is 19.3. The van der Waals surface area contributed by atoms with Gasteiger partial charge >= 0.3 is 12.1 Å². The van der Waals surface area contributed by atoms with Crippen molar-refractivity contribution in [1.82, 2.24) is 14.9 Å². The zero-order valence-electron chi connectivity index (χ0n) is 17.2. The number of piperazine rings is 1. The van der Waals surface area contributed by atoms with E-state index in [1.165, 1.54) is 25.8 Å². The van der Waals surface area contributed by atoms with Crippen molar-refractivity contribution in [2.75, 3.05) is 36.8 Å². The van der Waals surface area contributed by atoms with E-state index in [0.29, 0.717) is 32.8 Å². The first-order valence-corrected chi connectivity index (χ1v) is 10.9. The lowest BCUT2D eigenvalue weighted by Crippen LogP contribution is -2.55. The number of carboxylic acids is 1. The number of nitrogens with two attached hydrogens (primary N) is 1. The summed E-state index contributed by atoms with van der Waals surface area (Å²) in [6.45, 7) is 4.05. The summed E-state index contributed by atoms with van der Waals surface area (Å²) in [6, 6.07) is 4.04. The molecular weight excluding hydrogens is 486 g/mol. The van der Waals surface area contributed by atoms with Crippen LogP contribution in [0.5, 0.6) is 0 Å². The second-order valence-electron chi connectivity index (χ2n) is 7.88. The maximum Gasteiger partial charge on any atom is 0.490 e. The zero-order valence-corrected chi connectivity index (χ0v) is 18.7. The molecule has 0 saturated carbocycles. The molecule has 2 fully saturated rings. The van der Waals surface area contributed by atoms with Gasteiger partial charge in [0.25, 0.3) is 0 Å². The number of nitrogens with zero attached hydrogens (tertiary/aromatic N) is 4. The molecular formula is C20H20Cl2F3N5O3. The molecule has 3 aromatic rings. The van der Waals surface area contributed by atoms with Crippen molar-refractivity contribution < 1.29 is 27.5 Å². The van der Waals surface area contributed by atoms with Gasteiger partial charge in [0.05, 0.1) is 10.4 Å². The summed E-state index contributed by atoms with van der Waals surface area (Å²) in [6.07, 6.45) is -1.28. The van der Waals surface area contributed by atoms with Gasteiger partial charge < -0.3 is 20.2 Å². The highest BCUT2D eigenvalue weighted by atomic mass is 35.5. The summed E-state index contributed by atoms with van der Waals surface area (Å²) in [5, 5.41) is 8.90. The Morgan fingerprint density at radius 3 is 2.58 bits per heavy atom. The molecule has 2 aromatic heterocycles. The molecule has 178 valence electrons. The average molecular weight is 506 g/mol. The smallest absolute Gasteiger partial charge is 0.475 e. The number of carbonyl (C=O) groups is 1. The lowest BCUT2D eigenvalue weighted by Gasteiger charge is -2.44. The summed E-state index contributed by atoms with van der Waals surface area (Å²) in [5.74, 6) is -1.77. The van der Waals surface area contributed by atoms with Crippen LogP contribution in [0.25, 0.3) is 22.1 Å². The molecule has 0 aliphatic carbocycles. The molecule has 1 unspecified atom stereocenters. The number of hydrogen-bond acceptors (Lipinski definition) is 7. The minimum absolute atomic E-state index is 0.234. The number of aliphatic carboxylic acids is 1. The van der Waals surface area contributed by atoms with Gasteiger partial charge in [-0.1, -0.05) is 29.6 Å². The van der Waals surface area contributed by atoms with E-state index in [2.05, 4.69) is 19.8 Å². The molecule has 4 heterocycles. The van der Waals surface area contributed by atoms with E-state index >= 15 is 0 Å². The number of aromatic nitrogens is 2. The maximum absolute atomic E-state index is 10.6. The highest BCUT2D eigenvalue weighted by Gasteiger charge is 2.38. The summed E-state index contributed by atoms with van der Waals surface area (Å²) in [7, 11) is 0. The number of rotatable bonds is 1. The largest absolute Gasteiger partial charge is 0.490 e. The SMILES string of the molecule is Nc1nc(N2CCN3CCCCC3C2)c2oc3c(Cl)cc(Cl)cc3c2n1.O=C(O)C(F)(F)F. The number of anilines is 2. The third-order valence-corrected chi connectivity index (χ3v) is 6.21. The molecule has 1 atom stereocenters. The summed E-state index contributed by atoms with van der Waals surface area (Å²) in [4.78, 5) is 22.7. The van der Waals surface area contributed by atoms with Gasteiger partial charge in [0.2, 0.25) is 5.95 Å². The predicted molar refractivity (Wildman–Crippen MR) is 119 cm³/mol. The number of carboxylic acid groups (broad SMARTS) is 1. The number of benzene rings is 1. The Hall–Kier alpha value is -2.50. The fourth-order valence-electron chi connectivity index (χ4n) is 4.24. The van der Waals surface area contributed by atoms with Crippen LogP contribution in [0, 0.1) is 0 Å². The topological polar surface area (TPSA) is 109 Å². The minimum atomic E-state index is -5.08. The van der Waals surface area contributed by atoms with Crippen LogP contribution in [-0.2, 0) is 4.79 Å². The highest BCUT2D eigenvalue weighted by Crippen LogP contribution is 2.39. The average Bonchev–Trinajstić information content (AvgIpc) is 3.11. The molecule has 3 N–H and O–H groups in total. The number of hydrogen-bond donors (Lipinski definition) is 2. The number of fused-ring (bicyclic) bond motifs is 4. The third-order valence-electron chi connectivity index (χ3n) is 5.71. The Labute approximate surface area is 196 Å². The van der Waals surface area contributed by atoms with Crippen LogP contribution in [0.15, 0.2) is 16.5 Å². The van der Waals surface area contributed by atoms with Crippen molar-refractivity contribution in [2.45, 2.75) is 31.5 Å². The Balaban J connectivity index is 0.000000325. The summed E-state index contributed by atoms with van der Waals surface area (Å²) in [5.41, 5.74) is 7.89. The van der Waals surface area contributed by atoms with E-state index in [4.69, 9.17) is 43.3 Å². The zero-order chi connectivity index (χ0) is 23.9. The molecule has 33 heavy (non-hydrogen) atoms. The first kappa shape index (κ1) is 23.7. The quantitative estimate of drug-likeness (QED) is 0.494. The Kier molecular flexibility index (Phi) is 6.47. The van der Waals surface area contributed by atoms with Gasteiger partial charge in [0.1, 0.15) is 5.52 Å². The third kappa shape index (κ3) is 4.90. The van der Waals surface area contributed by atoms with Gasteiger partial charge in [-0.25, -0.2) is 9.78 Å². The second-order valence-corrected chi connectivity index (χ2v) is 8.73. The van der Waals surface area contributed by atoms with Gasteiger partial charge in [0.15, 0.2) is 17.0 Å².